The second kappa shape index (κ2) is 3.59. The number of nitrogens with zero attached hydrogens (tertiary/aromatic N) is 1. The average Bonchev–Trinajstić information content (AvgIpc) is 2.10. The summed E-state index contributed by atoms with van der Waals surface area (Å²) in [6, 6.07) is 6.51. The normalized spacial score (nSPS) is 11.2. The van der Waals surface area contributed by atoms with Gasteiger partial charge in [-0.3, -0.25) is 5.21 Å². The number of nitrogen functional groups attached to an aromatic ring is 1. The van der Waals surface area contributed by atoms with Gasteiger partial charge < -0.3 is 10.9 Å². The molecule has 0 bridgehead atoms. The van der Waals surface area contributed by atoms with Crippen LogP contribution in [0.4, 0.5) is 5.69 Å². The van der Waals surface area contributed by atoms with Gasteiger partial charge in [0.15, 0.2) is 5.84 Å². The van der Waals surface area contributed by atoms with E-state index in [9.17, 15) is 0 Å². The van der Waals surface area contributed by atoms with Crippen molar-refractivity contribution in [3.8, 4) is 0 Å². The minimum Gasteiger partial charge on any atom is -0.409 e. The van der Waals surface area contributed by atoms with E-state index in [0.29, 0.717) is 11.3 Å². The first-order chi connectivity index (χ1) is 5.77. The molecule has 0 atom stereocenters. The molecule has 0 aliphatic rings. The van der Waals surface area contributed by atoms with E-state index in [4.69, 9.17) is 16.1 Å². The first-order valence-corrected chi connectivity index (χ1v) is 3.26. The molecule has 0 aliphatic heterocycles. The molecule has 0 unspecified atom stereocenters. The van der Waals surface area contributed by atoms with Crippen LogP contribution in [0.3, 0.4) is 0 Å². The van der Waals surface area contributed by atoms with Gasteiger partial charge in [-0.25, -0.2) is 5.48 Å². The van der Waals surface area contributed by atoms with Gasteiger partial charge in [0.2, 0.25) is 0 Å². The van der Waals surface area contributed by atoms with E-state index in [0.717, 1.165) is 0 Å². The predicted octanol–water partition coefficient (Wildman–Crippen LogP) is 0.383. The number of rotatable bonds is 1. The molecule has 5 heteroatoms. The summed E-state index contributed by atoms with van der Waals surface area (Å²) in [6.07, 6.45) is 0. The molecule has 0 radical (unpaired) electrons. The molecule has 1 aromatic rings. The fourth-order valence-corrected chi connectivity index (χ4v) is 0.786. The van der Waals surface area contributed by atoms with E-state index in [-0.39, 0.29) is 5.84 Å². The highest BCUT2D eigenvalue weighted by Gasteiger charge is 2.00. The number of amidine groups is 1. The third-order valence-corrected chi connectivity index (χ3v) is 1.39. The molecular formula is C7H9N3O2. The number of hydrogen-bond donors (Lipinski definition) is 4. The van der Waals surface area contributed by atoms with Gasteiger partial charge in [-0.2, -0.15) is 0 Å². The van der Waals surface area contributed by atoms with Crippen LogP contribution in [0.2, 0.25) is 0 Å². The Labute approximate surface area is 69.1 Å². The molecular weight excluding hydrogens is 158 g/mol. The Hall–Kier alpha value is -1.75. The Bertz CT molecular complexity index is 281. The van der Waals surface area contributed by atoms with Crippen LogP contribution in [0.25, 0.3) is 0 Å². The van der Waals surface area contributed by atoms with Crippen molar-refractivity contribution < 1.29 is 10.4 Å². The predicted molar refractivity (Wildman–Crippen MR) is 44.1 cm³/mol. The molecule has 5 N–H and O–H groups in total. The van der Waals surface area contributed by atoms with Crippen LogP contribution in [0.1, 0.15) is 5.56 Å². The molecule has 0 amide bonds. The second-order valence-corrected chi connectivity index (χ2v) is 2.18. The van der Waals surface area contributed by atoms with Crippen molar-refractivity contribution in [2.75, 3.05) is 5.73 Å². The van der Waals surface area contributed by atoms with Crippen LogP contribution in [0.5, 0.6) is 0 Å². The Morgan fingerprint density at radius 1 is 1.33 bits per heavy atom. The smallest absolute Gasteiger partial charge is 0.196 e. The maximum absolute atomic E-state index is 8.48. The monoisotopic (exact) mass is 167 g/mol. The van der Waals surface area contributed by atoms with Crippen molar-refractivity contribution in [1.29, 1.82) is 0 Å². The van der Waals surface area contributed by atoms with E-state index in [1.807, 2.05) is 0 Å². The molecule has 0 heterocycles. The molecule has 0 aliphatic carbocycles. The van der Waals surface area contributed by atoms with Crippen molar-refractivity contribution in [3.63, 3.8) is 0 Å². The van der Waals surface area contributed by atoms with Crippen molar-refractivity contribution in [1.82, 2.24) is 5.48 Å². The molecule has 0 fully saturated rings. The number of nitrogens with two attached hydrogens (primary N) is 1. The summed E-state index contributed by atoms with van der Waals surface area (Å²) in [5, 5.41) is 19.7. The summed E-state index contributed by atoms with van der Waals surface area (Å²) in [6.45, 7) is 0. The first kappa shape index (κ1) is 8.35. The summed E-state index contributed by atoms with van der Waals surface area (Å²) in [4.78, 5) is 0. The molecule has 1 aromatic carbocycles. The second-order valence-electron chi connectivity index (χ2n) is 2.18. The SMILES string of the molecule is Nc1ccc(/C(=N\O)NO)cc1. The van der Waals surface area contributed by atoms with Crippen LogP contribution >= 0.6 is 0 Å². The van der Waals surface area contributed by atoms with Gasteiger partial charge in [0, 0.05) is 11.3 Å². The van der Waals surface area contributed by atoms with Gasteiger partial charge in [-0.1, -0.05) is 5.16 Å². The lowest BCUT2D eigenvalue weighted by Crippen LogP contribution is -2.19. The quantitative estimate of drug-likeness (QED) is 0.160. The zero-order chi connectivity index (χ0) is 8.97. The van der Waals surface area contributed by atoms with E-state index in [1.54, 1.807) is 29.7 Å². The Balaban J connectivity index is 2.96. The van der Waals surface area contributed by atoms with Crippen LogP contribution in [-0.2, 0) is 0 Å². The number of hydrogen-bond acceptors (Lipinski definition) is 4. The molecule has 1 rings (SSSR count). The summed E-state index contributed by atoms with van der Waals surface area (Å²) in [5.41, 5.74) is 8.33. The summed E-state index contributed by atoms with van der Waals surface area (Å²) < 4.78 is 0. The van der Waals surface area contributed by atoms with Crippen molar-refractivity contribution in [3.05, 3.63) is 29.8 Å². The lowest BCUT2D eigenvalue weighted by molar-refractivity contribution is 0.223. The van der Waals surface area contributed by atoms with E-state index in [1.165, 1.54) is 0 Å². The van der Waals surface area contributed by atoms with Gasteiger partial charge in [0.05, 0.1) is 0 Å². The fraction of sp³-hybridized carbons (Fsp3) is 0. The number of nitrogens with one attached hydrogen (secondary N) is 1. The highest BCUT2D eigenvalue weighted by atomic mass is 16.5. The molecule has 5 nitrogen and oxygen atoms in total. The number of hydroxylamine groups is 1. The Kier molecular flexibility index (Phi) is 2.49. The van der Waals surface area contributed by atoms with Crippen molar-refractivity contribution >= 4 is 11.5 Å². The molecule has 12 heavy (non-hydrogen) atoms. The van der Waals surface area contributed by atoms with E-state index < -0.39 is 0 Å². The molecule has 64 valence electrons. The van der Waals surface area contributed by atoms with Gasteiger partial charge in [0.25, 0.3) is 0 Å². The largest absolute Gasteiger partial charge is 0.409 e. The number of anilines is 1. The van der Waals surface area contributed by atoms with Crippen LogP contribution < -0.4 is 11.2 Å². The first-order valence-electron chi connectivity index (χ1n) is 3.26. The van der Waals surface area contributed by atoms with Gasteiger partial charge in [-0.15, -0.1) is 0 Å². The lowest BCUT2D eigenvalue weighted by Gasteiger charge is -2.01. The lowest BCUT2D eigenvalue weighted by atomic mass is 10.2. The maximum atomic E-state index is 8.48. The highest BCUT2D eigenvalue weighted by molar-refractivity contribution is 5.97. The zero-order valence-corrected chi connectivity index (χ0v) is 6.23. The maximum Gasteiger partial charge on any atom is 0.196 e. The van der Waals surface area contributed by atoms with Crippen molar-refractivity contribution in [2.24, 2.45) is 5.16 Å². The minimum atomic E-state index is -0.0185. The summed E-state index contributed by atoms with van der Waals surface area (Å²) in [7, 11) is 0. The molecule has 0 saturated heterocycles. The average molecular weight is 167 g/mol. The van der Waals surface area contributed by atoms with Gasteiger partial charge >= 0.3 is 0 Å². The number of oxime groups is 1. The molecule has 0 aromatic heterocycles. The van der Waals surface area contributed by atoms with Crippen molar-refractivity contribution in [2.45, 2.75) is 0 Å². The van der Waals surface area contributed by atoms with Gasteiger partial charge in [0.1, 0.15) is 0 Å². The zero-order valence-electron chi connectivity index (χ0n) is 6.23. The summed E-state index contributed by atoms with van der Waals surface area (Å²) >= 11 is 0. The van der Waals surface area contributed by atoms with E-state index in [2.05, 4.69) is 5.16 Å². The summed E-state index contributed by atoms with van der Waals surface area (Å²) in [5.74, 6) is -0.0185. The fourth-order valence-electron chi connectivity index (χ4n) is 0.786. The van der Waals surface area contributed by atoms with E-state index >= 15 is 0 Å². The van der Waals surface area contributed by atoms with Gasteiger partial charge in [-0.05, 0) is 24.3 Å². The third-order valence-electron chi connectivity index (χ3n) is 1.39. The van der Waals surface area contributed by atoms with Crippen LogP contribution in [0, 0.1) is 0 Å². The molecule has 0 spiro atoms. The topological polar surface area (TPSA) is 90.9 Å². The minimum absolute atomic E-state index is 0.0185. The standard InChI is InChI=1S/C7H9N3O2/c8-6-3-1-5(2-4-6)7(9-11)10-12/h1-4,11-12H,8H2,(H,9,10). The Morgan fingerprint density at radius 2 is 1.92 bits per heavy atom. The van der Waals surface area contributed by atoms with Crippen LogP contribution in [-0.4, -0.2) is 16.3 Å². The molecule has 0 saturated carbocycles. The highest BCUT2D eigenvalue weighted by Crippen LogP contribution is 2.05. The Morgan fingerprint density at radius 3 is 2.33 bits per heavy atom. The number of benzene rings is 1. The van der Waals surface area contributed by atoms with Crippen LogP contribution in [0.15, 0.2) is 29.4 Å². The third kappa shape index (κ3) is 1.64.